The monoisotopic (exact) mass is 492 g/mol. The zero-order valence-electron chi connectivity index (χ0n) is 17.2. The van der Waals surface area contributed by atoms with Crippen molar-refractivity contribution in [2.75, 3.05) is 6.61 Å². The van der Waals surface area contributed by atoms with Crippen molar-refractivity contribution in [3.63, 3.8) is 0 Å². The Balaban J connectivity index is 1.47. The number of nitrogens with one attached hydrogen (secondary N) is 1. The lowest BCUT2D eigenvalue weighted by Crippen LogP contribution is -2.24. The minimum atomic E-state index is -0.444. The van der Waals surface area contributed by atoms with E-state index in [1.54, 1.807) is 60.7 Å². The first-order valence-corrected chi connectivity index (χ1v) is 10.6. The maximum Gasteiger partial charge on any atom is 0.343 e. The van der Waals surface area contributed by atoms with Crippen molar-refractivity contribution >= 4 is 34.0 Å². The number of carbonyl (C=O) groups is 2. The number of para-hydroxylation sites is 1. The smallest absolute Gasteiger partial charge is 0.343 e. The largest absolute Gasteiger partial charge is 0.483 e. The molecule has 0 aliphatic carbocycles. The van der Waals surface area contributed by atoms with Gasteiger partial charge in [0.1, 0.15) is 11.5 Å². The summed E-state index contributed by atoms with van der Waals surface area (Å²) < 4.78 is 11.8. The molecule has 0 fully saturated rings. The highest BCUT2D eigenvalue weighted by Gasteiger charge is 2.08. The van der Waals surface area contributed by atoms with Crippen LogP contribution in [0.3, 0.4) is 0 Å². The molecule has 3 rings (SSSR count). The summed E-state index contributed by atoms with van der Waals surface area (Å²) >= 11 is 3.33. The van der Waals surface area contributed by atoms with Crippen molar-refractivity contribution in [1.82, 2.24) is 5.43 Å². The Labute approximate surface area is 194 Å². The number of rotatable bonds is 9. The molecule has 0 radical (unpaired) electrons. The molecule has 0 heterocycles. The first-order valence-electron chi connectivity index (χ1n) is 9.76. The lowest BCUT2D eigenvalue weighted by Gasteiger charge is -2.09. The summed E-state index contributed by atoms with van der Waals surface area (Å²) in [6.45, 7) is 3.56. The van der Waals surface area contributed by atoms with E-state index >= 15 is 0 Å². The second kappa shape index (κ2) is 11.6. The van der Waals surface area contributed by atoms with Crippen LogP contribution < -0.4 is 14.9 Å². The van der Waals surface area contributed by atoms with Crippen molar-refractivity contribution in [2.45, 2.75) is 6.42 Å². The molecule has 0 aliphatic heterocycles. The number of allylic oxidation sites excluding steroid dienone is 1. The van der Waals surface area contributed by atoms with Crippen LogP contribution in [0.25, 0.3) is 0 Å². The molecule has 32 heavy (non-hydrogen) atoms. The molecule has 1 N–H and O–H groups in total. The molecule has 3 aromatic rings. The van der Waals surface area contributed by atoms with E-state index in [4.69, 9.17) is 9.47 Å². The van der Waals surface area contributed by atoms with Crippen molar-refractivity contribution in [1.29, 1.82) is 0 Å². The van der Waals surface area contributed by atoms with Crippen molar-refractivity contribution in [3.8, 4) is 11.5 Å². The lowest BCUT2D eigenvalue weighted by atomic mass is 10.1. The fraction of sp³-hybridized carbons (Fsp3) is 0.0800. The number of hydrazone groups is 1. The molecule has 0 saturated carbocycles. The predicted octanol–water partition coefficient (Wildman–Crippen LogP) is 4.93. The Hall–Kier alpha value is -3.71. The maximum absolute atomic E-state index is 12.2. The molecular weight excluding hydrogens is 472 g/mol. The van der Waals surface area contributed by atoms with Crippen molar-refractivity contribution in [2.24, 2.45) is 5.10 Å². The van der Waals surface area contributed by atoms with Crippen LogP contribution in [0.1, 0.15) is 21.5 Å². The third-order valence-corrected chi connectivity index (χ3v) is 4.80. The van der Waals surface area contributed by atoms with Crippen LogP contribution in [0, 0.1) is 0 Å². The van der Waals surface area contributed by atoms with Gasteiger partial charge in [0.2, 0.25) is 0 Å². The summed E-state index contributed by atoms with van der Waals surface area (Å²) in [5, 5.41) is 3.93. The number of ether oxygens (including phenoxy) is 2. The molecule has 0 aliphatic rings. The molecule has 3 aromatic carbocycles. The summed E-state index contributed by atoms with van der Waals surface area (Å²) in [5.74, 6) is 0.223. The maximum atomic E-state index is 12.2. The van der Waals surface area contributed by atoms with Crippen LogP contribution in [0.4, 0.5) is 0 Å². The Morgan fingerprint density at radius 1 is 1.00 bits per heavy atom. The van der Waals surface area contributed by atoms with Gasteiger partial charge in [-0.3, -0.25) is 4.79 Å². The van der Waals surface area contributed by atoms with E-state index in [9.17, 15) is 9.59 Å². The van der Waals surface area contributed by atoms with Gasteiger partial charge in [0.15, 0.2) is 6.61 Å². The molecular formula is C25H21BrN2O4. The number of carbonyl (C=O) groups excluding carboxylic acids is 2. The second-order valence-corrected chi connectivity index (χ2v) is 7.56. The SMILES string of the molecule is C=CCc1ccccc1OCC(=O)N/N=C\c1ccc(OC(=O)c2ccc(Br)cc2)cc1. The van der Waals surface area contributed by atoms with Gasteiger partial charge in [-0.15, -0.1) is 6.58 Å². The molecule has 0 bridgehead atoms. The lowest BCUT2D eigenvalue weighted by molar-refractivity contribution is -0.123. The highest BCUT2D eigenvalue weighted by molar-refractivity contribution is 9.10. The van der Waals surface area contributed by atoms with Crippen LogP contribution >= 0.6 is 15.9 Å². The Kier molecular flexibility index (Phi) is 8.34. The summed E-state index contributed by atoms with van der Waals surface area (Å²) in [5.41, 5.74) is 4.56. The second-order valence-electron chi connectivity index (χ2n) is 6.65. The Bertz CT molecular complexity index is 1110. The number of amides is 1. The minimum Gasteiger partial charge on any atom is -0.483 e. The Morgan fingerprint density at radius 3 is 2.44 bits per heavy atom. The third kappa shape index (κ3) is 6.92. The molecule has 7 heteroatoms. The fourth-order valence-electron chi connectivity index (χ4n) is 2.70. The fourth-order valence-corrected chi connectivity index (χ4v) is 2.96. The van der Waals surface area contributed by atoms with Crippen molar-refractivity contribution < 1.29 is 19.1 Å². The van der Waals surface area contributed by atoms with E-state index in [-0.39, 0.29) is 12.5 Å². The quantitative estimate of drug-likeness (QED) is 0.151. The van der Waals surface area contributed by atoms with Gasteiger partial charge in [0.25, 0.3) is 5.91 Å². The zero-order valence-corrected chi connectivity index (χ0v) is 18.7. The van der Waals surface area contributed by atoms with E-state index in [2.05, 4.69) is 33.0 Å². The van der Waals surface area contributed by atoms with Gasteiger partial charge < -0.3 is 9.47 Å². The molecule has 1 amide bonds. The average molecular weight is 493 g/mol. The highest BCUT2D eigenvalue weighted by Crippen LogP contribution is 2.18. The summed E-state index contributed by atoms with van der Waals surface area (Å²) in [6, 6.07) is 21.1. The van der Waals surface area contributed by atoms with Crippen LogP contribution in [-0.4, -0.2) is 24.7 Å². The van der Waals surface area contributed by atoms with Gasteiger partial charge >= 0.3 is 5.97 Å². The van der Waals surface area contributed by atoms with Gasteiger partial charge in [0.05, 0.1) is 11.8 Å². The van der Waals surface area contributed by atoms with Crippen molar-refractivity contribution in [3.05, 3.63) is 107 Å². The van der Waals surface area contributed by atoms with Gasteiger partial charge in [-0.1, -0.05) is 40.2 Å². The summed E-state index contributed by atoms with van der Waals surface area (Å²) in [7, 11) is 0. The van der Waals surface area contributed by atoms with E-state index in [1.807, 2.05) is 18.2 Å². The molecule has 0 saturated heterocycles. The highest BCUT2D eigenvalue weighted by atomic mass is 79.9. The molecule has 0 unspecified atom stereocenters. The number of nitrogens with zero attached hydrogens (tertiary/aromatic N) is 1. The molecule has 6 nitrogen and oxygen atoms in total. The zero-order chi connectivity index (χ0) is 22.8. The van der Waals surface area contributed by atoms with Gasteiger partial charge in [0, 0.05) is 4.47 Å². The Morgan fingerprint density at radius 2 is 1.72 bits per heavy atom. The number of halogens is 1. The molecule has 0 atom stereocenters. The van der Waals surface area contributed by atoms with E-state index < -0.39 is 5.97 Å². The first-order chi connectivity index (χ1) is 15.5. The summed E-state index contributed by atoms with van der Waals surface area (Å²) in [6.07, 6.45) is 3.92. The number of esters is 1. The number of benzene rings is 3. The number of hydrogen-bond donors (Lipinski definition) is 1. The van der Waals surface area contributed by atoms with Crippen LogP contribution in [0.15, 0.2) is 95.0 Å². The minimum absolute atomic E-state index is 0.156. The predicted molar refractivity (Wildman–Crippen MR) is 127 cm³/mol. The molecule has 162 valence electrons. The van der Waals surface area contributed by atoms with Gasteiger partial charge in [-0.05, 0) is 72.1 Å². The van der Waals surface area contributed by atoms with Crippen LogP contribution in [0.5, 0.6) is 11.5 Å². The van der Waals surface area contributed by atoms with Crippen LogP contribution in [-0.2, 0) is 11.2 Å². The first kappa shape index (κ1) is 23.0. The van der Waals surface area contributed by atoms with Gasteiger partial charge in [-0.2, -0.15) is 5.10 Å². The normalized spacial score (nSPS) is 10.5. The summed E-state index contributed by atoms with van der Waals surface area (Å²) in [4.78, 5) is 24.1. The van der Waals surface area contributed by atoms with E-state index in [0.717, 1.165) is 15.6 Å². The van der Waals surface area contributed by atoms with E-state index in [0.29, 0.717) is 23.5 Å². The molecule has 0 spiro atoms. The van der Waals surface area contributed by atoms with Crippen LogP contribution in [0.2, 0.25) is 0 Å². The topological polar surface area (TPSA) is 77.0 Å². The van der Waals surface area contributed by atoms with E-state index in [1.165, 1.54) is 6.21 Å². The third-order valence-electron chi connectivity index (χ3n) is 4.27. The average Bonchev–Trinajstić information content (AvgIpc) is 2.80. The van der Waals surface area contributed by atoms with Gasteiger partial charge in [-0.25, -0.2) is 10.2 Å². The number of hydrogen-bond acceptors (Lipinski definition) is 5. The standard InChI is InChI=1S/C25H21BrN2O4/c1-2-5-19-6-3-4-7-23(19)31-17-24(29)28-27-16-18-8-14-22(15-9-18)32-25(30)20-10-12-21(26)13-11-20/h2-4,6-16H,1,5,17H2,(H,28,29)/b27-16-. The molecule has 0 aromatic heterocycles.